The van der Waals surface area contributed by atoms with E-state index in [9.17, 15) is 4.79 Å². The van der Waals surface area contributed by atoms with Crippen LogP contribution < -0.4 is 20.7 Å². The summed E-state index contributed by atoms with van der Waals surface area (Å²) in [6.07, 6.45) is 7.18. The zero-order chi connectivity index (χ0) is 21.7. The summed E-state index contributed by atoms with van der Waals surface area (Å²) in [5.41, 5.74) is 4.98. The molecule has 1 aromatic heterocycles. The Morgan fingerprint density at radius 2 is 2.00 bits per heavy atom. The number of rotatable bonds is 4. The molecular formula is C25H32ClNO3. The van der Waals surface area contributed by atoms with Gasteiger partial charge in [-0.15, -0.1) is 11.6 Å². The lowest BCUT2D eigenvalue weighted by molar-refractivity contribution is -0.119. The van der Waals surface area contributed by atoms with E-state index < -0.39 is 0 Å². The molecule has 0 fully saturated rings. The van der Waals surface area contributed by atoms with Gasteiger partial charge in [0.15, 0.2) is 0 Å². The van der Waals surface area contributed by atoms with Crippen molar-refractivity contribution in [3.8, 4) is 5.75 Å². The molecule has 2 heterocycles. The van der Waals surface area contributed by atoms with Gasteiger partial charge in [-0.2, -0.15) is 0 Å². The van der Waals surface area contributed by atoms with Gasteiger partial charge in [0.25, 0.3) is 0 Å². The number of fused-ring (bicyclic) bond motifs is 2. The number of benzene rings is 1. The van der Waals surface area contributed by atoms with Crippen molar-refractivity contribution < 1.29 is 13.9 Å². The molecule has 1 aromatic carbocycles. The van der Waals surface area contributed by atoms with Crippen LogP contribution in [0.15, 0.2) is 34.9 Å². The molecule has 1 aliphatic carbocycles. The minimum atomic E-state index is -0.145. The van der Waals surface area contributed by atoms with Crippen molar-refractivity contribution in [1.29, 1.82) is 0 Å². The molecule has 5 heteroatoms. The Hall–Kier alpha value is -2.20. The summed E-state index contributed by atoms with van der Waals surface area (Å²) in [5, 5.41) is 4.14. The highest BCUT2D eigenvalue weighted by Gasteiger charge is 2.23. The first kappa shape index (κ1) is 22.5. The smallest absolute Gasteiger partial charge is 0.235 e. The van der Waals surface area contributed by atoms with E-state index in [-0.39, 0.29) is 17.8 Å². The molecule has 0 saturated carbocycles. The van der Waals surface area contributed by atoms with Crippen molar-refractivity contribution in [2.24, 2.45) is 5.92 Å². The second-order valence-electron chi connectivity index (χ2n) is 8.53. The molecular weight excluding hydrogens is 398 g/mol. The molecule has 162 valence electrons. The number of carbonyl (C=O) groups excluding carboxylic acids is 1. The van der Waals surface area contributed by atoms with Crippen molar-refractivity contribution >= 4 is 29.2 Å². The molecule has 0 radical (unpaired) electrons. The first-order valence-electron chi connectivity index (χ1n) is 10.8. The average molecular weight is 430 g/mol. The highest BCUT2D eigenvalue weighted by atomic mass is 35.5. The normalized spacial score (nSPS) is 17.3. The summed E-state index contributed by atoms with van der Waals surface area (Å²) in [5.74, 6) is 1.89. The monoisotopic (exact) mass is 429 g/mol. The second-order valence-corrected chi connectivity index (χ2v) is 8.80. The molecule has 0 saturated heterocycles. The minimum absolute atomic E-state index is 0.00457. The van der Waals surface area contributed by atoms with Gasteiger partial charge < -0.3 is 14.5 Å². The van der Waals surface area contributed by atoms with Crippen molar-refractivity contribution in [1.82, 2.24) is 5.32 Å². The Labute approximate surface area is 184 Å². The summed E-state index contributed by atoms with van der Waals surface area (Å²) in [4.78, 5) is 11.3. The van der Waals surface area contributed by atoms with E-state index in [4.69, 9.17) is 20.8 Å². The van der Waals surface area contributed by atoms with Crippen LogP contribution in [0.5, 0.6) is 5.75 Å². The Morgan fingerprint density at radius 3 is 2.70 bits per heavy atom. The van der Waals surface area contributed by atoms with Crippen LogP contribution >= 0.6 is 11.6 Å². The molecule has 30 heavy (non-hydrogen) atoms. The van der Waals surface area contributed by atoms with Crippen molar-refractivity contribution in [3.05, 3.63) is 52.3 Å². The molecule has 1 N–H and O–H groups in total. The van der Waals surface area contributed by atoms with E-state index in [0.717, 1.165) is 29.6 Å². The maximum absolute atomic E-state index is 11.3. The summed E-state index contributed by atoms with van der Waals surface area (Å²) >= 11 is 5.49. The number of amides is 1. The first-order valence-corrected chi connectivity index (χ1v) is 11.3. The van der Waals surface area contributed by atoms with Gasteiger partial charge in [0, 0.05) is 5.22 Å². The predicted octanol–water partition coefficient (Wildman–Crippen LogP) is 4.13. The van der Waals surface area contributed by atoms with Crippen LogP contribution in [0.4, 0.5) is 0 Å². The third-order valence-electron chi connectivity index (χ3n) is 5.59. The maximum atomic E-state index is 11.3. The number of ether oxygens (including phenoxy) is 1. The highest BCUT2D eigenvalue weighted by Crippen LogP contribution is 2.33. The molecule has 0 bridgehead atoms. The van der Waals surface area contributed by atoms with Crippen LogP contribution in [0.1, 0.15) is 57.6 Å². The van der Waals surface area contributed by atoms with Gasteiger partial charge in [0.2, 0.25) is 5.91 Å². The van der Waals surface area contributed by atoms with E-state index in [2.05, 4.69) is 57.3 Å². The number of furan rings is 1. The van der Waals surface area contributed by atoms with E-state index in [1.54, 1.807) is 6.26 Å². The number of halogens is 1. The topological polar surface area (TPSA) is 51.5 Å². The van der Waals surface area contributed by atoms with E-state index in [0.29, 0.717) is 18.4 Å². The van der Waals surface area contributed by atoms with Gasteiger partial charge >= 0.3 is 0 Å². The predicted molar refractivity (Wildman–Crippen MR) is 122 cm³/mol. The molecule has 1 amide bonds. The van der Waals surface area contributed by atoms with Crippen LogP contribution in [-0.2, 0) is 11.2 Å². The molecule has 1 unspecified atom stereocenters. The summed E-state index contributed by atoms with van der Waals surface area (Å²) < 4.78 is 11.3. The number of nitrogens with one attached hydrogen (secondary N) is 1. The van der Waals surface area contributed by atoms with Gasteiger partial charge in [-0.05, 0) is 53.9 Å². The highest BCUT2D eigenvalue weighted by molar-refractivity contribution is 6.27. The van der Waals surface area contributed by atoms with Crippen LogP contribution in [0, 0.1) is 5.92 Å². The van der Waals surface area contributed by atoms with E-state index >= 15 is 0 Å². The fraction of sp³-hybridized carbons (Fsp3) is 0.480. The zero-order valence-electron chi connectivity index (χ0n) is 18.3. The number of carbonyl (C=O) groups is 1. The van der Waals surface area contributed by atoms with Crippen LogP contribution in [0.3, 0.4) is 0 Å². The van der Waals surface area contributed by atoms with E-state index in [1.807, 2.05) is 6.07 Å². The fourth-order valence-electron chi connectivity index (χ4n) is 4.05. The molecule has 0 spiro atoms. The summed E-state index contributed by atoms with van der Waals surface area (Å²) in [6.45, 7) is 9.28. The number of hydrogen-bond donors (Lipinski definition) is 1. The second kappa shape index (κ2) is 10.2. The Bertz CT molecular complexity index is 990. The molecule has 1 aliphatic heterocycles. The van der Waals surface area contributed by atoms with Crippen molar-refractivity contribution in [3.63, 3.8) is 0 Å². The average Bonchev–Trinajstić information content (AvgIpc) is 3.22. The Morgan fingerprint density at radius 1 is 1.20 bits per heavy atom. The summed E-state index contributed by atoms with van der Waals surface area (Å²) in [6, 6.07) is 8.27. The molecule has 2 aliphatic rings. The number of hydrogen-bond acceptors (Lipinski definition) is 3. The third kappa shape index (κ3) is 5.28. The van der Waals surface area contributed by atoms with Crippen molar-refractivity contribution in [2.75, 3.05) is 12.5 Å². The Kier molecular flexibility index (Phi) is 7.65. The largest absolute Gasteiger partial charge is 0.491 e. The van der Waals surface area contributed by atoms with Crippen LogP contribution in [-0.4, -0.2) is 24.4 Å². The quantitative estimate of drug-likeness (QED) is 0.743. The zero-order valence-corrected chi connectivity index (χ0v) is 19.1. The first-order chi connectivity index (χ1) is 14.4. The maximum Gasteiger partial charge on any atom is 0.235 e. The summed E-state index contributed by atoms with van der Waals surface area (Å²) in [7, 11) is 0. The number of alkyl halides is 1. The SMILES string of the molecule is CC(C)C1=c2occc2=CCC1.CC(C)c1cccc2c1OCC(NC(=O)CCl)C2. The standard InChI is InChI=1S/C14H18ClNO2.C11H14O/c1-9(2)12-5-3-4-10-6-11(8-18-14(10)12)16-13(17)7-15;1-8(2)10-5-3-4-9-6-7-12-11(9)10/h3-5,9,11H,6-8H2,1-2H3,(H,16,17);4,6-8H,3,5H2,1-2H3. The van der Waals surface area contributed by atoms with Crippen LogP contribution in [0.2, 0.25) is 0 Å². The minimum Gasteiger partial charge on any atom is -0.491 e. The van der Waals surface area contributed by atoms with Gasteiger partial charge in [-0.3, -0.25) is 4.79 Å². The molecule has 2 aromatic rings. The third-order valence-corrected chi connectivity index (χ3v) is 5.84. The molecule has 1 atom stereocenters. The Balaban J connectivity index is 0.000000184. The lowest BCUT2D eigenvalue weighted by atomic mass is 9.94. The van der Waals surface area contributed by atoms with Gasteiger partial charge in [0.1, 0.15) is 23.7 Å². The fourth-order valence-corrected chi connectivity index (χ4v) is 4.13. The van der Waals surface area contributed by atoms with Gasteiger partial charge in [-0.25, -0.2) is 0 Å². The lowest BCUT2D eigenvalue weighted by Gasteiger charge is -2.28. The molecule has 4 rings (SSSR count). The molecule has 4 nitrogen and oxygen atoms in total. The van der Waals surface area contributed by atoms with E-state index in [1.165, 1.54) is 22.8 Å². The van der Waals surface area contributed by atoms with Gasteiger partial charge in [-0.1, -0.05) is 52.0 Å². The number of para-hydroxylation sites is 1. The van der Waals surface area contributed by atoms with Gasteiger partial charge in [0.05, 0.1) is 12.3 Å². The van der Waals surface area contributed by atoms with Crippen LogP contribution in [0.25, 0.3) is 11.6 Å². The lowest BCUT2D eigenvalue weighted by Crippen LogP contribution is -2.43. The van der Waals surface area contributed by atoms with Crippen molar-refractivity contribution in [2.45, 2.75) is 58.9 Å².